The lowest BCUT2D eigenvalue weighted by Gasteiger charge is -1.82. The molecule has 0 unspecified atom stereocenters. The van der Waals surface area contributed by atoms with Crippen molar-refractivity contribution >= 4 is 0 Å². The predicted octanol–water partition coefficient (Wildman–Crippen LogP) is 2.13. The molecule has 1 nitrogen and oxygen atoms in total. The molecule has 11 heavy (non-hydrogen) atoms. The minimum Gasteiger partial charge on any atom is -0.327 e. The maximum Gasteiger partial charge on any atom is 0.0104 e. The molecule has 60 valence electrons. The maximum atomic E-state index is 4.91. The van der Waals surface area contributed by atoms with Crippen LogP contribution in [0.2, 0.25) is 0 Å². The summed E-state index contributed by atoms with van der Waals surface area (Å²) in [5.41, 5.74) is 6.23. The maximum absolute atomic E-state index is 4.91. The van der Waals surface area contributed by atoms with Gasteiger partial charge in [0.2, 0.25) is 0 Å². The molecule has 0 bridgehead atoms. The van der Waals surface area contributed by atoms with E-state index in [1.807, 2.05) is 18.2 Å². The molecule has 0 heterocycles. The normalized spacial score (nSPS) is 7.82. The third-order valence-corrected chi connectivity index (χ3v) is 1.11. The number of rotatable bonds is 1. The molecule has 0 radical (unpaired) electrons. The zero-order valence-corrected chi connectivity index (χ0v) is 6.96. The zero-order chi connectivity index (χ0) is 8.53. The van der Waals surface area contributed by atoms with E-state index in [4.69, 9.17) is 5.73 Å². The Bertz CT molecular complexity index is 179. The van der Waals surface area contributed by atoms with Crippen molar-refractivity contribution in [3.8, 4) is 0 Å². The van der Waals surface area contributed by atoms with Crippen LogP contribution in [0.5, 0.6) is 0 Å². The van der Waals surface area contributed by atoms with Crippen molar-refractivity contribution in [3.05, 3.63) is 48.6 Å². The summed E-state index contributed by atoms with van der Waals surface area (Å²) in [5, 5.41) is 0. The lowest BCUT2D eigenvalue weighted by Crippen LogP contribution is -1.90. The van der Waals surface area contributed by atoms with Gasteiger partial charge in [0, 0.05) is 6.54 Å². The summed E-state index contributed by atoms with van der Waals surface area (Å²) in [6.07, 6.45) is 1.65. The smallest absolute Gasteiger partial charge is 0.0104 e. The molecule has 1 heteroatoms. The molecular formula is C10H15N. The van der Waals surface area contributed by atoms with E-state index in [1.165, 1.54) is 5.56 Å². The Morgan fingerprint density at radius 1 is 1.36 bits per heavy atom. The summed E-state index contributed by atoms with van der Waals surface area (Å²) >= 11 is 0. The van der Waals surface area contributed by atoms with E-state index in [2.05, 4.69) is 25.6 Å². The quantitative estimate of drug-likeness (QED) is 0.608. The summed E-state index contributed by atoms with van der Waals surface area (Å²) in [7, 11) is 0. The van der Waals surface area contributed by atoms with Gasteiger partial charge in [-0.15, -0.1) is 6.58 Å². The van der Waals surface area contributed by atoms with Crippen molar-refractivity contribution in [2.24, 2.45) is 5.73 Å². The van der Waals surface area contributed by atoms with Gasteiger partial charge in [0.15, 0.2) is 0 Å². The van der Waals surface area contributed by atoms with E-state index in [0.717, 1.165) is 0 Å². The fourth-order valence-corrected chi connectivity index (χ4v) is 0.534. The summed E-state index contributed by atoms with van der Waals surface area (Å²) in [6, 6.07) is 10.3. The van der Waals surface area contributed by atoms with Crippen LogP contribution in [-0.4, -0.2) is 6.54 Å². The standard InChI is InChI=1S/C7H8.C3H7N/c1-7-5-3-2-4-6-7;1-2-3-4/h2-6H,1H3;2H,1,3-4H2. The van der Waals surface area contributed by atoms with Gasteiger partial charge in [-0.2, -0.15) is 0 Å². The molecule has 1 aromatic rings. The van der Waals surface area contributed by atoms with Gasteiger partial charge < -0.3 is 5.73 Å². The number of benzene rings is 1. The van der Waals surface area contributed by atoms with Gasteiger partial charge in [-0.1, -0.05) is 42.0 Å². The van der Waals surface area contributed by atoms with Crippen LogP contribution in [0.25, 0.3) is 0 Å². The Labute approximate surface area is 68.5 Å². The van der Waals surface area contributed by atoms with E-state index >= 15 is 0 Å². The first-order chi connectivity index (χ1) is 5.31. The van der Waals surface area contributed by atoms with Gasteiger partial charge in [-0.05, 0) is 6.92 Å². The molecule has 0 saturated carbocycles. The van der Waals surface area contributed by atoms with Gasteiger partial charge in [-0.25, -0.2) is 0 Å². The lowest BCUT2D eigenvalue weighted by atomic mass is 10.2. The van der Waals surface area contributed by atoms with Crippen LogP contribution >= 0.6 is 0 Å². The van der Waals surface area contributed by atoms with Crippen molar-refractivity contribution < 1.29 is 0 Å². The SMILES string of the molecule is C=CCN.Cc1ccccc1. The third-order valence-electron chi connectivity index (χ3n) is 1.11. The lowest BCUT2D eigenvalue weighted by molar-refractivity contribution is 1.26. The topological polar surface area (TPSA) is 26.0 Å². The molecule has 2 N–H and O–H groups in total. The Morgan fingerprint density at radius 3 is 2.00 bits per heavy atom. The molecule has 0 aliphatic heterocycles. The fraction of sp³-hybridized carbons (Fsp3) is 0.200. The van der Waals surface area contributed by atoms with Crippen LogP contribution in [0, 0.1) is 6.92 Å². The second kappa shape index (κ2) is 7.03. The average Bonchev–Trinajstić information content (AvgIpc) is 2.07. The van der Waals surface area contributed by atoms with Crippen LogP contribution in [0.15, 0.2) is 43.0 Å². The molecule has 0 atom stereocenters. The number of hydrogen-bond acceptors (Lipinski definition) is 1. The zero-order valence-electron chi connectivity index (χ0n) is 6.96. The van der Waals surface area contributed by atoms with Crippen LogP contribution in [0.4, 0.5) is 0 Å². The van der Waals surface area contributed by atoms with Crippen molar-refractivity contribution in [1.29, 1.82) is 0 Å². The first kappa shape index (κ1) is 9.92. The molecule has 0 aliphatic rings. The van der Waals surface area contributed by atoms with Gasteiger partial charge in [0.25, 0.3) is 0 Å². The predicted molar refractivity (Wildman–Crippen MR) is 50.4 cm³/mol. The van der Waals surface area contributed by atoms with Crippen molar-refractivity contribution in [1.82, 2.24) is 0 Å². The summed E-state index contributed by atoms with van der Waals surface area (Å²) in [5.74, 6) is 0. The highest BCUT2D eigenvalue weighted by Crippen LogP contribution is 1.92. The first-order valence-corrected chi connectivity index (χ1v) is 3.64. The van der Waals surface area contributed by atoms with Gasteiger partial charge in [0.1, 0.15) is 0 Å². The average molecular weight is 149 g/mol. The second-order valence-electron chi connectivity index (χ2n) is 2.18. The summed E-state index contributed by atoms with van der Waals surface area (Å²) in [6.45, 7) is 6.02. The third kappa shape index (κ3) is 6.81. The second-order valence-corrected chi connectivity index (χ2v) is 2.18. The largest absolute Gasteiger partial charge is 0.327 e. The summed E-state index contributed by atoms with van der Waals surface area (Å²) in [4.78, 5) is 0. The van der Waals surface area contributed by atoms with Gasteiger partial charge >= 0.3 is 0 Å². The Morgan fingerprint density at radius 2 is 1.82 bits per heavy atom. The molecule has 0 aromatic heterocycles. The Kier molecular flexibility index (Phi) is 6.34. The molecule has 0 saturated heterocycles. The van der Waals surface area contributed by atoms with Crippen molar-refractivity contribution in [2.45, 2.75) is 6.92 Å². The van der Waals surface area contributed by atoms with E-state index in [9.17, 15) is 0 Å². The first-order valence-electron chi connectivity index (χ1n) is 3.64. The minimum absolute atomic E-state index is 0.583. The van der Waals surface area contributed by atoms with Gasteiger partial charge in [-0.3, -0.25) is 0 Å². The van der Waals surface area contributed by atoms with Crippen LogP contribution in [0.3, 0.4) is 0 Å². The van der Waals surface area contributed by atoms with E-state index in [1.54, 1.807) is 6.08 Å². The van der Waals surface area contributed by atoms with E-state index in [-0.39, 0.29) is 0 Å². The van der Waals surface area contributed by atoms with Gasteiger partial charge in [0.05, 0.1) is 0 Å². The molecule has 0 spiro atoms. The van der Waals surface area contributed by atoms with Crippen molar-refractivity contribution in [3.63, 3.8) is 0 Å². The number of hydrogen-bond donors (Lipinski definition) is 1. The number of aryl methyl sites for hydroxylation is 1. The Hall–Kier alpha value is -1.08. The van der Waals surface area contributed by atoms with Crippen LogP contribution in [0.1, 0.15) is 5.56 Å². The van der Waals surface area contributed by atoms with Crippen molar-refractivity contribution in [2.75, 3.05) is 6.54 Å². The van der Waals surface area contributed by atoms with Crippen LogP contribution < -0.4 is 5.73 Å². The molecule has 0 amide bonds. The monoisotopic (exact) mass is 149 g/mol. The van der Waals surface area contributed by atoms with E-state index in [0.29, 0.717) is 6.54 Å². The fourth-order valence-electron chi connectivity index (χ4n) is 0.534. The number of nitrogens with two attached hydrogens (primary N) is 1. The van der Waals surface area contributed by atoms with Crippen LogP contribution in [-0.2, 0) is 0 Å². The minimum atomic E-state index is 0.583. The van der Waals surface area contributed by atoms with E-state index < -0.39 is 0 Å². The molecule has 1 rings (SSSR count). The molecular weight excluding hydrogens is 134 g/mol. The highest BCUT2D eigenvalue weighted by molar-refractivity contribution is 5.11. The highest BCUT2D eigenvalue weighted by atomic mass is 14.5. The Balaban J connectivity index is 0.000000218. The summed E-state index contributed by atoms with van der Waals surface area (Å²) < 4.78 is 0. The molecule has 1 aromatic carbocycles. The highest BCUT2D eigenvalue weighted by Gasteiger charge is 1.72. The molecule has 0 aliphatic carbocycles. The molecule has 0 fully saturated rings.